The Kier molecular flexibility index (Phi) is 10.2. The van der Waals surface area contributed by atoms with E-state index in [-0.39, 0.29) is 6.42 Å². The lowest BCUT2D eigenvalue weighted by Crippen LogP contribution is -2.30. The Morgan fingerprint density at radius 1 is 0.511 bits per heavy atom. The van der Waals surface area contributed by atoms with Crippen LogP contribution in [0.1, 0.15) is 23.5 Å². The van der Waals surface area contributed by atoms with Gasteiger partial charge >= 0.3 is 18.3 Å². The van der Waals surface area contributed by atoms with E-state index in [0.29, 0.717) is 39.6 Å². The molecule has 0 bridgehead atoms. The summed E-state index contributed by atoms with van der Waals surface area (Å²) in [6.07, 6.45) is -9.08. The van der Waals surface area contributed by atoms with E-state index in [1.807, 2.05) is 0 Å². The van der Waals surface area contributed by atoms with Gasteiger partial charge in [-0.3, -0.25) is 4.79 Å². The SMILES string of the molecule is O=C(CC(c1ccc(N(CC(F)(F)F)c2ccccc2)cc1)c1ccc(N(CC(F)(F)F)c2ccccc2)cc1)Oc1ccccc1. The molecule has 0 atom stereocenters. The highest BCUT2D eigenvalue weighted by Gasteiger charge is 2.33. The van der Waals surface area contributed by atoms with E-state index in [1.165, 1.54) is 0 Å². The van der Waals surface area contributed by atoms with Gasteiger partial charge in [-0.1, -0.05) is 78.9 Å². The zero-order valence-electron chi connectivity index (χ0n) is 25.0. The van der Waals surface area contributed by atoms with Crippen LogP contribution in [0.15, 0.2) is 140 Å². The van der Waals surface area contributed by atoms with Crippen LogP contribution in [0.2, 0.25) is 0 Å². The topological polar surface area (TPSA) is 32.8 Å². The third kappa shape index (κ3) is 9.38. The van der Waals surface area contributed by atoms with Gasteiger partial charge in [0, 0.05) is 28.7 Å². The van der Waals surface area contributed by atoms with Crippen LogP contribution in [0.25, 0.3) is 0 Å². The average Bonchev–Trinajstić information content (AvgIpc) is 3.06. The molecule has 0 amide bonds. The smallest absolute Gasteiger partial charge is 0.406 e. The Labute approximate surface area is 268 Å². The number of para-hydroxylation sites is 3. The van der Waals surface area contributed by atoms with Gasteiger partial charge in [0.05, 0.1) is 6.42 Å². The highest BCUT2D eigenvalue weighted by molar-refractivity contribution is 5.74. The molecule has 5 aromatic carbocycles. The van der Waals surface area contributed by atoms with Gasteiger partial charge in [0.15, 0.2) is 0 Å². The van der Waals surface area contributed by atoms with Crippen molar-refractivity contribution in [2.75, 3.05) is 22.9 Å². The van der Waals surface area contributed by atoms with Crippen molar-refractivity contribution in [2.24, 2.45) is 0 Å². The van der Waals surface area contributed by atoms with Gasteiger partial charge in [0.2, 0.25) is 0 Å². The van der Waals surface area contributed by atoms with Crippen LogP contribution in [-0.2, 0) is 4.79 Å². The molecule has 47 heavy (non-hydrogen) atoms. The molecule has 4 nitrogen and oxygen atoms in total. The number of halogens is 6. The molecule has 5 aromatic rings. The number of benzene rings is 5. The van der Waals surface area contributed by atoms with E-state index in [0.717, 1.165) is 9.80 Å². The Hall–Kier alpha value is -5.25. The quantitative estimate of drug-likeness (QED) is 0.0811. The molecular weight excluding hydrogens is 618 g/mol. The van der Waals surface area contributed by atoms with Crippen molar-refractivity contribution >= 4 is 28.7 Å². The minimum absolute atomic E-state index is 0.135. The summed E-state index contributed by atoms with van der Waals surface area (Å²) in [5.41, 5.74) is 2.53. The molecule has 0 saturated heterocycles. The molecule has 0 saturated carbocycles. The average molecular weight is 649 g/mol. The number of anilines is 4. The van der Waals surface area contributed by atoms with Crippen molar-refractivity contribution in [1.29, 1.82) is 0 Å². The molecule has 0 spiro atoms. The maximum absolute atomic E-state index is 13.6. The fraction of sp³-hybridized carbons (Fsp3) is 0.162. The summed E-state index contributed by atoms with van der Waals surface area (Å²) in [5.74, 6) is -0.825. The van der Waals surface area contributed by atoms with Crippen LogP contribution in [0, 0.1) is 0 Å². The first kappa shape index (κ1) is 33.1. The molecule has 0 radical (unpaired) electrons. The van der Waals surface area contributed by atoms with Crippen LogP contribution < -0.4 is 14.5 Å². The predicted octanol–water partition coefficient (Wildman–Crippen LogP) is 10.2. The second-order valence-electron chi connectivity index (χ2n) is 10.8. The van der Waals surface area contributed by atoms with Crippen LogP contribution in [0.5, 0.6) is 5.75 Å². The van der Waals surface area contributed by atoms with Gasteiger partial charge < -0.3 is 14.5 Å². The van der Waals surface area contributed by atoms with E-state index in [9.17, 15) is 31.1 Å². The third-order valence-electron chi connectivity index (χ3n) is 7.37. The molecule has 0 heterocycles. The van der Waals surface area contributed by atoms with Crippen molar-refractivity contribution in [1.82, 2.24) is 0 Å². The number of hydrogen-bond donors (Lipinski definition) is 0. The molecular formula is C37H30F6N2O2. The van der Waals surface area contributed by atoms with Crippen LogP contribution in [0.4, 0.5) is 49.1 Å². The van der Waals surface area contributed by atoms with Crippen molar-refractivity contribution in [3.63, 3.8) is 0 Å². The molecule has 0 fully saturated rings. The minimum atomic E-state index is -4.47. The number of alkyl halides is 6. The number of rotatable bonds is 11. The molecule has 242 valence electrons. The lowest BCUT2D eigenvalue weighted by atomic mass is 9.88. The minimum Gasteiger partial charge on any atom is -0.427 e. The van der Waals surface area contributed by atoms with Crippen molar-refractivity contribution < 1.29 is 35.9 Å². The summed E-state index contributed by atoms with van der Waals surface area (Å²) in [4.78, 5) is 15.4. The maximum atomic E-state index is 13.6. The van der Waals surface area contributed by atoms with Crippen LogP contribution in [-0.4, -0.2) is 31.4 Å². The summed E-state index contributed by atoms with van der Waals surface area (Å²) in [6.45, 7) is -2.42. The van der Waals surface area contributed by atoms with E-state index >= 15 is 0 Å². The molecule has 0 N–H and O–H groups in total. The molecule has 0 aliphatic carbocycles. The maximum Gasteiger partial charge on any atom is 0.406 e. The lowest BCUT2D eigenvalue weighted by molar-refractivity contribution is -0.134. The number of hydrogen-bond acceptors (Lipinski definition) is 4. The highest BCUT2D eigenvalue weighted by atomic mass is 19.4. The first-order valence-electron chi connectivity index (χ1n) is 14.7. The summed E-state index contributed by atoms with van der Waals surface area (Å²) in [7, 11) is 0. The lowest BCUT2D eigenvalue weighted by Gasteiger charge is -2.27. The largest absolute Gasteiger partial charge is 0.427 e. The zero-order valence-corrected chi connectivity index (χ0v) is 25.0. The Morgan fingerprint density at radius 2 is 0.851 bits per heavy atom. The van der Waals surface area contributed by atoms with Crippen molar-refractivity contribution in [3.05, 3.63) is 151 Å². The monoisotopic (exact) mass is 648 g/mol. The molecule has 0 aliphatic heterocycles. The van der Waals surface area contributed by atoms with Gasteiger partial charge in [0.25, 0.3) is 0 Å². The second-order valence-corrected chi connectivity index (χ2v) is 10.8. The molecule has 0 unspecified atom stereocenters. The fourth-order valence-electron chi connectivity index (χ4n) is 5.27. The van der Waals surface area contributed by atoms with Gasteiger partial charge in [-0.2, -0.15) is 26.3 Å². The summed E-state index contributed by atoms with van der Waals surface area (Å²) < 4.78 is 86.9. The summed E-state index contributed by atoms with van der Waals surface area (Å²) in [6, 6.07) is 37.7. The number of esters is 1. The van der Waals surface area contributed by atoms with E-state index in [1.54, 1.807) is 140 Å². The Morgan fingerprint density at radius 3 is 1.21 bits per heavy atom. The van der Waals surface area contributed by atoms with E-state index < -0.39 is 37.3 Å². The Bertz CT molecular complexity index is 1610. The molecule has 10 heteroatoms. The normalized spacial score (nSPS) is 11.7. The van der Waals surface area contributed by atoms with Crippen LogP contribution >= 0.6 is 0 Å². The van der Waals surface area contributed by atoms with Crippen molar-refractivity contribution in [2.45, 2.75) is 24.7 Å². The summed E-state index contributed by atoms with van der Waals surface area (Å²) in [5, 5.41) is 0. The van der Waals surface area contributed by atoms with E-state index in [4.69, 9.17) is 4.74 Å². The van der Waals surface area contributed by atoms with Gasteiger partial charge in [-0.25, -0.2) is 0 Å². The number of ether oxygens (including phenoxy) is 1. The number of carbonyl (C=O) groups is 1. The third-order valence-corrected chi connectivity index (χ3v) is 7.37. The molecule has 5 rings (SSSR count). The van der Waals surface area contributed by atoms with Gasteiger partial charge in [0.1, 0.15) is 18.8 Å². The number of carbonyl (C=O) groups excluding carboxylic acids is 1. The van der Waals surface area contributed by atoms with Crippen LogP contribution in [0.3, 0.4) is 0 Å². The van der Waals surface area contributed by atoms with E-state index in [2.05, 4.69) is 0 Å². The summed E-state index contributed by atoms with van der Waals surface area (Å²) >= 11 is 0. The zero-order chi connectivity index (χ0) is 33.4. The van der Waals surface area contributed by atoms with Crippen molar-refractivity contribution in [3.8, 4) is 5.75 Å². The fourth-order valence-corrected chi connectivity index (χ4v) is 5.27. The standard InChI is InChI=1S/C37H30F6N2O2/c38-36(39,40)25-44(29-10-4-1-5-11-29)31-20-16-27(17-21-31)34(24-35(46)47-33-14-8-3-9-15-33)28-18-22-32(23-19-28)45(26-37(41,42)43)30-12-6-2-7-13-30/h1-23,34H,24-26H2. The Balaban J connectivity index is 1.48. The van der Waals surface area contributed by atoms with Gasteiger partial charge in [-0.05, 0) is 71.8 Å². The molecule has 0 aromatic heterocycles. The highest BCUT2D eigenvalue weighted by Crippen LogP contribution is 2.36. The first-order valence-corrected chi connectivity index (χ1v) is 14.7. The first-order chi connectivity index (χ1) is 22.4. The number of nitrogens with zero attached hydrogens (tertiary/aromatic N) is 2. The second kappa shape index (κ2) is 14.5. The predicted molar refractivity (Wildman–Crippen MR) is 170 cm³/mol. The van der Waals surface area contributed by atoms with Gasteiger partial charge in [-0.15, -0.1) is 0 Å². The molecule has 0 aliphatic rings.